The number of benzene rings is 1. The molecule has 0 aliphatic carbocycles. The van der Waals surface area contributed by atoms with Gasteiger partial charge >= 0.3 is 0 Å². The Morgan fingerprint density at radius 3 is 2.85 bits per heavy atom. The van der Waals surface area contributed by atoms with Crippen molar-refractivity contribution in [2.45, 2.75) is 23.3 Å². The number of nitrogens with one attached hydrogen (secondary N) is 3. The molecular weight excluding hydrogens is 378 g/mol. The molecule has 1 atom stereocenters. The summed E-state index contributed by atoms with van der Waals surface area (Å²) < 4.78 is 33.1. The van der Waals surface area contributed by atoms with Crippen molar-refractivity contribution in [1.29, 1.82) is 0 Å². The first kappa shape index (κ1) is 22.6. The Hall–Kier alpha value is -1.45. The molecule has 1 aromatic carbocycles. The van der Waals surface area contributed by atoms with Crippen LogP contribution in [0.5, 0.6) is 0 Å². The molecule has 3 N–H and O–H groups in total. The van der Waals surface area contributed by atoms with Gasteiger partial charge in [-0.05, 0) is 37.6 Å². The highest BCUT2D eigenvalue weighted by molar-refractivity contribution is 7.89. The van der Waals surface area contributed by atoms with Crippen LogP contribution in [0, 0.1) is 0 Å². The van der Waals surface area contributed by atoms with E-state index >= 15 is 0 Å². The molecule has 0 bridgehead atoms. The summed E-state index contributed by atoms with van der Waals surface area (Å²) in [5, 5.41) is 5.95. The van der Waals surface area contributed by atoms with E-state index in [1.165, 1.54) is 12.1 Å². The topological polar surface area (TPSA) is 96.5 Å². The molecule has 1 fully saturated rings. The highest BCUT2D eigenvalue weighted by atomic mass is 35.5. The van der Waals surface area contributed by atoms with Gasteiger partial charge in [0.15, 0.2) is 0 Å². The fraction of sp³-hybridized carbons (Fsp3) is 0.471. The molecule has 1 unspecified atom stereocenters. The molecule has 0 radical (unpaired) electrons. The summed E-state index contributed by atoms with van der Waals surface area (Å²) in [7, 11) is -2.13. The van der Waals surface area contributed by atoms with Gasteiger partial charge in [0.05, 0.1) is 17.0 Å². The number of methoxy groups -OCH3 is 1. The first-order valence-corrected chi connectivity index (χ1v) is 9.63. The van der Waals surface area contributed by atoms with Gasteiger partial charge in [0, 0.05) is 25.8 Å². The number of hydrogen-bond donors (Lipinski definition) is 3. The Morgan fingerprint density at radius 2 is 2.23 bits per heavy atom. The number of carbonyl (C=O) groups excluding carboxylic acids is 1. The van der Waals surface area contributed by atoms with Gasteiger partial charge in [0.2, 0.25) is 10.0 Å². The lowest BCUT2D eigenvalue weighted by atomic mass is 9.99. The van der Waals surface area contributed by atoms with Gasteiger partial charge in [-0.3, -0.25) is 4.79 Å². The van der Waals surface area contributed by atoms with E-state index in [-0.39, 0.29) is 40.9 Å². The van der Waals surface area contributed by atoms with E-state index in [1.807, 2.05) is 0 Å². The van der Waals surface area contributed by atoms with Crippen LogP contribution in [0.4, 0.5) is 0 Å². The third-order valence-corrected chi connectivity index (χ3v) is 5.57. The van der Waals surface area contributed by atoms with Gasteiger partial charge in [-0.25, -0.2) is 13.1 Å². The predicted octanol–water partition coefficient (Wildman–Crippen LogP) is 1.07. The van der Waals surface area contributed by atoms with E-state index in [2.05, 4.69) is 21.9 Å². The van der Waals surface area contributed by atoms with Gasteiger partial charge in [-0.1, -0.05) is 12.1 Å². The molecule has 1 aliphatic rings. The number of hydrogen-bond acceptors (Lipinski definition) is 5. The zero-order valence-electron chi connectivity index (χ0n) is 14.8. The molecule has 9 heteroatoms. The summed E-state index contributed by atoms with van der Waals surface area (Å²) in [5.74, 6) is -0.342. The van der Waals surface area contributed by atoms with Crippen molar-refractivity contribution >= 4 is 28.3 Å². The lowest BCUT2D eigenvalue weighted by molar-refractivity contribution is 0.0958. The first-order chi connectivity index (χ1) is 11.9. The summed E-state index contributed by atoms with van der Waals surface area (Å²) in [6, 6.07) is 5.96. The van der Waals surface area contributed by atoms with Crippen LogP contribution in [0.3, 0.4) is 0 Å². The first-order valence-electron chi connectivity index (χ1n) is 8.15. The highest BCUT2D eigenvalue weighted by Gasteiger charge is 2.34. The molecular formula is C17H26ClN3O4S. The lowest BCUT2D eigenvalue weighted by Gasteiger charge is -2.28. The van der Waals surface area contributed by atoms with Crippen LogP contribution in [-0.4, -0.2) is 53.2 Å². The molecule has 0 saturated carbocycles. The lowest BCUT2D eigenvalue weighted by Crippen LogP contribution is -2.52. The summed E-state index contributed by atoms with van der Waals surface area (Å²) in [5.41, 5.74) is -0.101. The second-order valence-corrected chi connectivity index (χ2v) is 7.86. The molecule has 146 valence electrons. The van der Waals surface area contributed by atoms with Crippen molar-refractivity contribution < 1.29 is 17.9 Å². The average molecular weight is 404 g/mol. The van der Waals surface area contributed by atoms with Crippen LogP contribution < -0.4 is 15.4 Å². The molecule has 0 aromatic heterocycles. The molecule has 1 heterocycles. The van der Waals surface area contributed by atoms with Crippen LogP contribution in [0.2, 0.25) is 0 Å². The number of rotatable bonds is 9. The van der Waals surface area contributed by atoms with Crippen molar-refractivity contribution in [3.8, 4) is 0 Å². The molecule has 1 saturated heterocycles. The van der Waals surface area contributed by atoms with Gasteiger partial charge in [0.1, 0.15) is 0 Å². The number of amides is 1. The molecule has 1 aromatic rings. The van der Waals surface area contributed by atoms with Crippen molar-refractivity contribution in [2.24, 2.45) is 0 Å². The number of sulfonamides is 1. The predicted molar refractivity (Wildman–Crippen MR) is 103 cm³/mol. The normalized spacial score (nSPS) is 19.6. The maximum Gasteiger partial charge on any atom is 0.251 e. The largest absolute Gasteiger partial charge is 0.383 e. The maximum atomic E-state index is 12.6. The van der Waals surface area contributed by atoms with Gasteiger partial charge < -0.3 is 15.4 Å². The quantitative estimate of drug-likeness (QED) is 0.536. The third-order valence-electron chi connectivity index (χ3n) is 4.17. The summed E-state index contributed by atoms with van der Waals surface area (Å²) >= 11 is 0. The molecule has 1 amide bonds. The number of ether oxygens (including phenoxy) is 1. The van der Waals surface area contributed by atoms with Crippen LogP contribution in [0.25, 0.3) is 0 Å². The van der Waals surface area contributed by atoms with E-state index in [9.17, 15) is 13.2 Å². The van der Waals surface area contributed by atoms with Crippen molar-refractivity contribution in [3.05, 3.63) is 42.5 Å². The Kier molecular flexibility index (Phi) is 8.72. The van der Waals surface area contributed by atoms with Gasteiger partial charge in [0.25, 0.3) is 5.91 Å². The molecule has 2 rings (SSSR count). The SMILES string of the molecule is C=CCNC(=O)c1cccc(S(=O)(=O)NCC2(COC)CCCN2)c1.Cl. The molecule has 7 nitrogen and oxygen atoms in total. The monoisotopic (exact) mass is 403 g/mol. The summed E-state index contributed by atoms with van der Waals surface area (Å²) in [4.78, 5) is 12.0. The minimum atomic E-state index is -3.73. The zero-order valence-corrected chi connectivity index (χ0v) is 16.4. The van der Waals surface area contributed by atoms with Crippen LogP contribution in [0.1, 0.15) is 23.2 Å². The average Bonchev–Trinajstić information content (AvgIpc) is 3.07. The van der Waals surface area contributed by atoms with Gasteiger partial charge in [-0.15, -0.1) is 19.0 Å². The Bertz CT molecular complexity index is 718. The van der Waals surface area contributed by atoms with Crippen LogP contribution >= 0.6 is 12.4 Å². The standard InChI is InChI=1S/C17H25N3O4S.ClH/c1-3-9-18-16(21)14-6-4-7-15(11-14)25(22,23)20-12-17(13-24-2)8-5-10-19-17;/h3-4,6-7,11,19-20H,1,5,8-10,12-13H2,2H3,(H,18,21);1H. The van der Waals surface area contributed by atoms with E-state index in [4.69, 9.17) is 4.74 Å². The van der Waals surface area contributed by atoms with E-state index < -0.39 is 10.0 Å². The summed E-state index contributed by atoms with van der Waals surface area (Å²) in [6.07, 6.45) is 3.38. The Morgan fingerprint density at radius 1 is 1.46 bits per heavy atom. The minimum absolute atomic E-state index is 0. The molecule has 26 heavy (non-hydrogen) atoms. The number of halogens is 1. The minimum Gasteiger partial charge on any atom is -0.383 e. The highest BCUT2D eigenvalue weighted by Crippen LogP contribution is 2.20. The summed E-state index contributed by atoms with van der Waals surface area (Å²) in [6.45, 7) is 5.35. The van der Waals surface area contributed by atoms with E-state index in [0.29, 0.717) is 13.2 Å². The Balaban J connectivity index is 0.00000338. The fourth-order valence-electron chi connectivity index (χ4n) is 2.86. The Labute approximate surface area is 161 Å². The molecule has 1 aliphatic heterocycles. The second kappa shape index (κ2) is 10.0. The number of carbonyl (C=O) groups is 1. The third kappa shape index (κ3) is 5.78. The maximum absolute atomic E-state index is 12.6. The molecule has 0 spiro atoms. The van der Waals surface area contributed by atoms with E-state index in [0.717, 1.165) is 19.4 Å². The van der Waals surface area contributed by atoms with Crippen LogP contribution in [0.15, 0.2) is 41.8 Å². The fourth-order valence-corrected chi connectivity index (χ4v) is 4.03. The second-order valence-electron chi connectivity index (χ2n) is 6.09. The van der Waals surface area contributed by atoms with Crippen molar-refractivity contribution in [2.75, 3.05) is 33.4 Å². The van der Waals surface area contributed by atoms with E-state index in [1.54, 1.807) is 25.3 Å². The van der Waals surface area contributed by atoms with Crippen molar-refractivity contribution in [1.82, 2.24) is 15.4 Å². The zero-order chi connectivity index (χ0) is 18.3. The smallest absolute Gasteiger partial charge is 0.251 e. The van der Waals surface area contributed by atoms with Crippen molar-refractivity contribution in [3.63, 3.8) is 0 Å². The van der Waals surface area contributed by atoms with Crippen LogP contribution in [-0.2, 0) is 14.8 Å². The van der Waals surface area contributed by atoms with Gasteiger partial charge in [-0.2, -0.15) is 0 Å².